The molecule has 80 valence electrons. The van der Waals surface area contributed by atoms with Crippen molar-refractivity contribution in [3.63, 3.8) is 0 Å². The van der Waals surface area contributed by atoms with Crippen LogP contribution in [-0.2, 0) is 4.79 Å². The Hall–Kier alpha value is -0.570. The van der Waals surface area contributed by atoms with Gasteiger partial charge in [0.2, 0.25) is 5.91 Å². The summed E-state index contributed by atoms with van der Waals surface area (Å²) in [6.45, 7) is 3.14. The van der Waals surface area contributed by atoms with Crippen molar-refractivity contribution in [2.45, 2.75) is 44.7 Å². The number of carbonyl (C=O) groups excluding carboxylic acids is 1. The smallest absolute Gasteiger partial charge is 0.239 e. The van der Waals surface area contributed by atoms with E-state index in [1.807, 2.05) is 11.9 Å². The standard InChI is InChI=1S/C11H20N2O/c1-3-4-8-7-10(8)12-9-5-6-13(2)11(9)14/h8-10,12H,3-7H2,1-2H3. The fourth-order valence-electron chi connectivity index (χ4n) is 2.38. The van der Waals surface area contributed by atoms with Gasteiger partial charge in [-0.15, -0.1) is 0 Å². The van der Waals surface area contributed by atoms with Gasteiger partial charge in [0.25, 0.3) is 0 Å². The molecule has 3 heteroatoms. The van der Waals surface area contributed by atoms with E-state index < -0.39 is 0 Å². The number of hydrogen-bond acceptors (Lipinski definition) is 2. The molecule has 0 aromatic carbocycles. The van der Waals surface area contributed by atoms with E-state index in [1.165, 1.54) is 19.3 Å². The summed E-state index contributed by atoms with van der Waals surface area (Å²) in [5, 5.41) is 3.48. The third-order valence-corrected chi connectivity index (χ3v) is 3.42. The molecule has 3 nitrogen and oxygen atoms in total. The van der Waals surface area contributed by atoms with Crippen LogP contribution in [0.25, 0.3) is 0 Å². The van der Waals surface area contributed by atoms with Crippen molar-refractivity contribution in [3.8, 4) is 0 Å². The fourth-order valence-corrected chi connectivity index (χ4v) is 2.38. The summed E-state index contributed by atoms with van der Waals surface area (Å²) in [5.74, 6) is 1.13. The Morgan fingerprint density at radius 3 is 2.93 bits per heavy atom. The van der Waals surface area contributed by atoms with Crippen LogP contribution in [0, 0.1) is 5.92 Å². The Labute approximate surface area is 85.8 Å². The van der Waals surface area contributed by atoms with E-state index in [4.69, 9.17) is 0 Å². The maximum atomic E-state index is 11.6. The number of hydrogen-bond donors (Lipinski definition) is 1. The zero-order valence-electron chi connectivity index (χ0n) is 9.12. The second-order valence-electron chi connectivity index (χ2n) is 4.66. The van der Waals surface area contributed by atoms with E-state index in [0.717, 1.165) is 18.9 Å². The molecule has 0 radical (unpaired) electrons. The van der Waals surface area contributed by atoms with Gasteiger partial charge >= 0.3 is 0 Å². The Morgan fingerprint density at radius 2 is 2.36 bits per heavy atom. The van der Waals surface area contributed by atoms with E-state index in [9.17, 15) is 4.79 Å². The molecule has 3 unspecified atom stereocenters. The summed E-state index contributed by atoms with van der Waals surface area (Å²) in [5.41, 5.74) is 0. The number of nitrogens with zero attached hydrogens (tertiary/aromatic N) is 1. The summed E-state index contributed by atoms with van der Waals surface area (Å²) >= 11 is 0. The van der Waals surface area contributed by atoms with Crippen molar-refractivity contribution in [2.24, 2.45) is 5.92 Å². The lowest BCUT2D eigenvalue weighted by Crippen LogP contribution is -2.38. The van der Waals surface area contributed by atoms with Crippen molar-refractivity contribution < 1.29 is 4.79 Å². The van der Waals surface area contributed by atoms with Crippen LogP contribution < -0.4 is 5.32 Å². The van der Waals surface area contributed by atoms with E-state index in [1.54, 1.807) is 0 Å². The minimum Gasteiger partial charge on any atom is -0.344 e. The highest BCUT2D eigenvalue weighted by Crippen LogP contribution is 2.35. The Bertz CT molecular complexity index is 229. The Morgan fingerprint density at radius 1 is 1.57 bits per heavy atom. The Kier molecular flexibility index (Phi) is 2.77. The third kappa shape index (κ3) is 1.92. The first kappa shape index (κ1) is 9.97. The number of likely N-dealkylation sites (N-methyl/N-ethyl adjacent to an activating group) is 1. The molecule has 1 aliphatic carbocycles. The number of nitrogens with one attached hydrogen (secondary N) is 1. The second kappa shape index (κ2) is 3.89. The number of likely N-dealkylation sites (tertiary alicyclic amines) is 1. The quantitative estimate of drug-likeness (QED) is 0.727. The molecule has 3 atom stereocenters. The monoisotopic (exact) mass is 196 g/mol. The zero-order chi connectivity index (χ0) is 10.1. The van der Waals surface area contributed by atoms with Gasteiger partial charge in [-0.3, -0.25) is 4.79 Å². The van der Waals surface area contributed by atoms with Crippen molar-refractivity contribution in [1.82, 2.24) is 10.2 Å². The molecule has 0 bridgehead atoms. The fraction of sp³-hybridized carbons (Fsp3) is 0.909. The maximum Gasteiger partial charge on any atom is 0.239 e. The first-order valence-electron chi connectivity index (χ1n) is 5.73. The molecule has 1 saturated carbocycles. The minimum atomic E-state index is 0.117. The van der Waals surface area contributed by atoms with Gasteiger partial charge in [0.05, 0.1) is 6.04 Å². The van der Waals surface area contributed by atoms with E-state index in [-0.39, 0.29) is 11.9 Å². The molecule has 1 saturated heterocycles. The maximum absolute atomic E-state index is 11.6. The molecule has 2 rings (SSSR count). The molecular formula is C11H20N2O. The van der Waals surface area contributed by atoms with E-state index >= 15 is 0 Å². The molecule has 1 N–H and O–H groups in total. The van der Waals surface area contributed by atoms with Crippen LogP contribution >= 0.6 is 0 Å². The SMILES string of the molecule is CCCC1CC1NC1CCN(C)C1=O. The molecule has 0 aromatic rings. The first-order chi connectivity index (χ1) is 6.72. The lowest BCUT2D eigenvalue weighted by molar-refractivity contribution is -0.128. The van der Waals surface area contributed by atoms with Gasteiger partial charge in [0.15, 0.2) is 0 Å². The number of amides is 1. The highest BCUT2D eigenvalue weighted by Gasteiger charge is 2.40. The van der Waals surface area contributed by atoms with Crippen LogP contribution in [-0.4, -0.2) is 36.5 Å². The van der Waals surface area contributed by atoms with E-state index in [0.29, 0.717) is 6.04 Å². The van der Waals surface area contributed by atoms with Crippen molar-refractivity contribution in [3.05, 3.63) is 0 Å². The predicted octanol–water partition coefficient (Wildman–Crippen LogP) is 0.995. The Balaban J connectivity index is 1.75. The number of rotatable bonds is 4. The molecule has 14 heavy (non-hydrogen) atoms. The summed E-state index contributed by atoms with van der Waals surface area (Å²) in [7, 11) is 1.89. The lowest BCUT2D eigenvalue weighted by atomic mass is 10.2. The van der Waals surface area contributed by atoms with Gasteiger partial charge in [0, 0.05) is 19.6 Å². The molecule has 1 aliphatic heterocycles. The lowest BCUT2D eigenvalue weighted by Gasteiger charge is -2.11. The van der Waals surface area contributed by atoms with Gasteiger partial charge in [-0.25, -0.2) is 0 Å². The van der Waals surface area contributed by atoms with Gasteiger partial charge in [0.1, 0.15) is 0 Å². The van der Waals surface area contributed by atoms with Gasteiger partial charge in [-0.05, 0) is 25.2 Å². The highest BCUT2D eigenvalue weighted by atomic mass is 16.2. The molecule has 0 aromatic heterocycles. The van der Waals surface area contributed by atoms with Crippen LogP contribution in [0.1, 0.15) is 32.6 Å². The second-order valence-corrected chi connectivity index (χ2v) is 4.66. The van der Waals surface area contributed by atoms with Crippen LogP contribution in [0.5, 0.6) is 0 Å². The molecule has 1 heterocycles. The van der Waals surface area contributed by atoms with Crippen LogP contribution in [0.15, 0.2) is 0 Å². The minimum absolute atomic E-state index is 0.117. The summed E-state index contributed by atoms with van der Waals surface area (Å²) < 4.78 is 0. The van der Waals surface area contributed by atoms with Gasteiger partial charge in [-0.1, -0.05) is 13.3 Å². The largest absolute Gasteiger partial charge is 0.344 e. The van der Waals surface area contributed by atoms with Crippen LogP contribution in [0.4, 0.5) is 0 Å². The molecule has 2 fully saturated rings. The number of carbonyl (C=O) groups is 1. The normalized spacial score (nSPS) is 36.6. The molecule has 1 amide bonds. The zero-order valence-corrected chi connectivity index (χ0v) is 9.12. The van der Waals surface area contributed by atoms with E-state index in [2.05, 4.69) is 12.2 Å². The summed E-state index contributed by atoms with van der Waals surface area (Å²) in [6, 6.07) is 0.752. The molecule has 0 spiro atoms. The molecular weight excluding hydrogens is 176 g/mol. The van der Waals surface area contributed by atoms with Crippen molar-refractivity contribution in [2.75, 3.05) is 13.6 Å². The van der Waals surface area contributed by atoms with Crippen LogP contribution in [0.3, 0.4) is 0 Å². The van der Waals surface area contributed by atoms with Crippen molar-refractivity contribution >= 4 is 5.91 Å². The average Bonchev–Trinajstić information content (AvgIpc) is 2.82. The van der Waals surface area contributed by atoms with Gasteiger partial charge < -0.3 is 10.2 Å². The first-order valence-corrected chi connectivity index (χ1v) is 5.73. The summed E-state index contributed by atoms with van der Waals surface area (Å²) in [4.78, 5) is 13.4. The summed E-state index contributed by atoms with van der Waals surface area (Å²) in [6.07, 6.45) is 4.85. The van der Waals surface area contributed by atoms with Crippen molar-refractivity contribution in [1.29, 1.82) is 0 Å². The van der Waals surface area contributed by atoms with Crippen LogP contribution in [0.2, 0.25) is 0 Å². The third-order valence-electron chi connectivity index (χ3n) is 3.42. The molecule has 2 aliphatic rings. The van der Waals surface area contributed by atoms with Gasteiger partial charge in [-0.2, -0.15) is 0 Å². The highest BCUT2D eigenvalue weighted by molar-refractivity contribution is 5.83. The predicted molar refractivity (Wildman–Crippen MR) is 56.0 cm³/mol. The topological polar surface area (TPSA) is 32.3 Å². The average molecular weight is 196 g/mol.